The molecule has 0 bridgehead atoms. The monoisotopic (exact) mass is 677 g/mol. The highest BCUT2D eigenvalue weighted by Crippen LogP contribution is 2.47. The molecule has 4 rings (SSSR count). The van der Waals surface area contributed by atoms with Gasteiger partial charge in [-0.3, -0.25) is 4.99 Å². The molecule has 4 fully saturated rings. The highest BCUT2D eigenvalue weighted by atomic mass is 28.4. The van der Waals surface area contributed by atoms with Crippen LogP contribution < -0.4 is 11.5 Å². The Labute approximate surface area is 289 Å². The molecule has 0 amide bonds. The predicted octanol–water partition coefficient (Wildman–Crippen LogP) is 8.16. The maximum atomic E-state index is 6.42. The lowest BCUT2D eigenvalue weighted by Gasteiger charge is -2.55. The van der Waals surface area contributed by atoms with Crippen molar-refractivity contribution < 1.29 is 13.3 Å². The molecule has 272 valence electrons. The normalized spacial score (nSPS) is 21.9. The van der Waals surface area contributed by atoms with Gasteiger partial charge in [-0.05, 0) is 97.3 Å². The molecule has 0 atom stereocenters. The van der Waals surface area contributed by atoms with Crippen LogP contribution in [0.3, 0.4) is 0 Å². The van der Waals surface area contributed by atoms with Crippen molar-refractivity contribution >= 4 is 20.7 Å². The Morgan fingerprint density at radius 2 is 1.06 bits per heavy atom. The van der Waals surface area contributed by atoms with Crippen LogP contribution in [0.15, 0.2) is 10.1 Å². The Kier molecular flexibility index (Phi) is 16.1. The van der Waals surface area contributed by atoms with Crippen LogP contribution >= 0.6 is 0 Å². The third-order valence-electron chi connectivity index (χ3n) is 11.9. The van der Waals surface area contributed by atoms with Crippen molar-refractivity contribution in [2.75, 3.05) is 26.4 Å². The van der Waals surface area contributed by atoms with E-state index in [0.717, 1.165) is 18.4 Å². The number of guanidine groups is 2. The van der Waals surface area contributed by atoms with Crippen molar-refractivity contribution in [3.8, 4) is 0 Å². The molecule has 0 heterocycles. The third-order valence-corrected chi connectivity index (χ3v) is 15.0. The first-order valence-electron chi connectivity index (χ1n) is 20.0. The Bertz CT molecular complexity index is 885. The van der Waals surface area contributed by atoms with E-state index < -0.39 is 8.80 Å². The molecule has 0 saturated heterocycles. The standard InChI is InChI=1S/C37H72N6O3Si/c1-5-44-47(45-6-2,46-7-3)30-20-29-40-36(42(33-25-16-10-17-26-33)34-27-18-11-19-28-34)43(41-35(38)39)37(4,31-21-12-8-13-22-31)32-23-14-9-15-24-32/h31-34H,5-30H2,1-4H3,(H4,38,39,41). The van der Waals surface area contributed by atoms with Crippen LogP contribution in [-0.2, 0) is 13.3 Å². The molecule has 4 aliphatic carbocycles. The van der Waals surface area contributed by atoms with Crippen LogP contribution in [0.4, 0.5) is 0 Å². The zero-order valence-corrected chi connectivity index (χ0v) is 31.9. The molecule has 4 N–H and O–H groups in total. The summed E-state index contributed by atoms with van der Waals surface area (Å²) in [6.45, 7) is 11.1. The lowest BCUT2D eigenvalue weighted by molar-refractivity contribution is -0.00321. The summed E-state index contributed by atoms with van der Waals surface area (Å²) in [7, 11) is -2.77. The van der Waals surface area contributed by atoms with E-state index in [1.165, 1.54) is 128 Å². The van der Waals surface area contributed by atoms with Gasteiger partial charge in [0.05, 0.1) is 5.54 Å². The maximum absolute atomic E-state index is 6.42. The molecule has 4 saturated carbocycles. The maximum Gasteiger partial charge on any atom is 0.500 e. The quantitative estimate of drug-likeness (QED) is 0.0558. The smallest absolute Gasteiger partial charge is 0.374 e. The van der Waals surface area contributed by atoms with Gasteiger partial charge in [-0.1, -0.05) is 77.0 Å². The van der Waals surface area contributed by atoms with E-state index in [0.29, 0.717) is 50.3 Å². The van der Waals surface area contributed by atoms with E-state index in [-0.39, 0.29) is 11.5 Å². The van der Waals surface area contributed by atoms with E-state index in [2.05, 4.69) is 16.8 Å². The fourth-order valence-electron chi connectivity index (χ4n) is 9.61. The van der Waals surface area contributed by atoms with Crippen LogP contribution in [0.2, 0.25) is 6.04 Å². The minimum Gasteiger partial charge on any atom is -0.374 e. The van der Waals surface area contributed by atoms with E-state index in [1.54, 1.807) is 0 Å². The molecule has 47 heavy (non-hydrogen) atoms. The average Bonchev–Trinajstić information content (AvgIpc) is 3.10. The summed E-state index contributed by atoms with van der Waals surface area (Å²) < 4.78 is 18.7. The molecule has 0 unspecified atom stereocenters. The largest absolute Gasteiger partial charge is 0.500 e. The molecule has 10 heteroatoms. The highest BCUT2D eigenvalue weighted by Gasteiger charge is 2.50. The van der Waals surface area contributed by atoms with Gasteiger partial charge in [0.2, 0.25) is 11.9 Å². The van der Waals surface area contributed by atoms with Crippen molar-refractivity contribution in [1.29, 1.82) is 0 Å². The summed E-state index contributed by atoms with van der Waals surface area (Å²) in [5.41, 5.74) is 12.7. The third kappa shape index (κ3) is 10.3. The van der Waals surface area contributed by atoms with Gasteiger partial charge in [-0.25, -0.2) is 5.01 Å². The molecule has 0 aromatic carbocycles. The van der Waals surface area contributed by atoms with Gasteiger partial charge in [0, 0.05) is 44.5 Å². The topological polar surface area (TPSA) is 111 Å². The molecule has 0 aliphatic heterocycles. The molecule has 0 radical (unpaired) electrons. The van der Waals surface area contributed by atoms with Crippen molar-refractivity contribution in [2.24, 2.45) is 33.4 Å². The summed E-state index contributed by atoms with van der Waals surface area (Å²) in [6, 6.07) is 1.72. The summed E-state index contributed by atoms with van der Waals surface area (Å²) in [4.78, 5) is 8.46. The minimum atomic E-state index is -2.77. The lowest BCUT2D eigenvalue weighted by atomic mass is 9.64. The molecule has 4 aliphatic rings. The van der Waals surface area contributed by atoms with E-state index >= 15 is 0 Å². The first kappa shape index (κ1) is 38.4. The summed E-state index contributed by atoms with van der Waals surface area (Å²) in [5.74, 6) is 2.29. The van der Waals surface area contributed by atoms with Crippen LogP contribution in [0, 0.1) is 11.8 Å². The zero-order chi connectivity index (χ0) is 33.5. The lowest BCUT2D eigenvalue weighted by Crippen LogP contribution is -2.64. The van der Waals surface area contributed by atoms with Gasteiger partial charge in [0.25, 0.3) is 0 Å². The van der Waals surface area contributed by atoms with Crippen LogP contribution in [-0.4, -0.2) is 74.6 Å². The van der Waals surface area contributed by atoms with Crippen LogP contribution in [0.25, 0.3) is 0 Å². The predicted molar refractivity (Wildman–Crippen MR) is 197 cm³/mol. The van der Waals surface area contributed by atoms with Gasteiger partial charge in [0.1, 0.15) is 0 Å². The summed E-state index contributed by atoms with van der Waals surface area (Å²) in [5, 5.41) is 7.55. The fourth-order valence-corrected chi connectivity index (χ4v) is 12.2. The molecule has 9 nitrogen and oxygen atoms in total. The summed E-state index contributed by atoms with van der Waals surface area (Å²) in [6.07, 6.45) is 26.4. The molecule has 0 spiro atoms. The van der Waals surface area contributed by atoms with Gasteiger partial charge < -0.3 is 29.6 Å². The molecule has 0 aromatic heterocycles. The highest BCUT2D eigenvalue weighted by molar-refractivity contribution is 6.60. The van der Waals surface area contributed by atoms with Crippen molar-refractivity contribution in [2.45, 2.75) is 186 Å². The Balaban J connectivity index is 1.81. The van der Waals surface area contributed by atoms with Crippen molar-refractivity contribution in [3.63, 3.8) is 0 Å². The zero-order valence-electron chi connectivity index (χ0n) is 30.9. The van der Waals surface area contributed by atoms with Crippen LogP contribution in [0.5, 0.6) is 0 Å². The van der Waals surface area contributed by atoms with Gasteiger partial charge in [-0.15, -0.1) is 5.10 Å². The molecular formula is C37H72N6O3Si. The second-order valence-corrected chi connectivity index (χ2v) is 17.7. The number of nitrogens with zero attached hydrogens (tertiary/aromatic N) is 4. The number of aliphatic imine (C=N–C) groups is 1. The van der Waals surface area contributed by atoms with Gasteiger partial charge >= 0.3 is 8.80 Å². The number of hydrogen-bond acceptors (Lipinski definition) is 5. The number of hydrogen-bond donors (Lipinski definition) is 2. The summed E-state index contributed by atoms with van der Waals surface area (Å²) >= 11 is 0. The Hall–Kier alpha value is -1.36. The number of nitrogens with two attached hydrogens (primary N) is 2. The SMILES string of the molecule is CCO[Si](CCCN=C(N(C1CCCCC1)C1CCCCC1)N(N=C(N)N)C(C)(C1CCCCC1)C1CCCCC1)(OCC)OCC. The number of rotatable bonds is 16. The Morgan fingerprint density at radius 3 is 1.45 bits per heavy atom. The Morgan fingerprint density at radius 1 is 0.660 bits per heavy atom. The van der Waals surface area contributed by atoms with Gasteiger partial charge in [0.15, 0.2) is 0 Å². The van der Waals surface area contributed by atoms with Gasteiger partial charge in [-0.2, -0.15) is 0 Å². The first-order chi connectivity index (χ1) is 22.9. The van der Waals surface area contributed by atoms with E-state index in [4.69, 9.17) is 34.8 Å². The molecule has 0 aromatic rings. The fraction of sp³-hybridized carbons (Fsp3) is 0.946. The van der Waals surface area contributed by atoms with Crippen LogP contribution in [0.1, 0.15) is 163 Å². The van der Waals surface area contributed by atoms with Crippen molar-refractivity contribution in [1.82, 2.24) is 9.91 Å². The first-order valence-corrected chi connectivity index (χ1v) is 22.0. The second kappa shape index (κ2) is 19.7. The molecular weight excluding hydrogens is 605 g/mol. The number of hydrazone groups is 1. The van der Waals surface area contributed by atoms with E-state index in [9.17, 15) is 0 Å². The average molecular weight is 677 g/mol. The van der Waals surface area contributed by atoms with E-state index in [1.807, 2.05) is 20.8 Å². The second-order valence-electron chi connectivity index (χ2n) is 15.0. The minimum absolute atomic E-state index is 0.151. The van der Waals surface area contributed by atoms with Crippen molar-refractivity contribution in [3.05, 3.63) is 0 Å².